The second kappa shape index (κ2) is 6.85. The third kappa shape index (κ3) is 3.16. The van der Waals surface area contributed by atoms with Gasteiger partial charge in [-0.25, -0.2) is 14.0 Å². The first-order chi connectivity index (χ1) is 14.8. The van der Waals surface area contributed by atoms with Gasteiger partial charge in [-0.2, -0.15) is 5.10 Å². The number of nitrogens with zero attached hydrogens (tertiary/aromatic N) is 3. The van der Waals surface area contributed by atoms with Crippen molar-refractivity contribution in [2.75, 3.05) is 4.90 Å². The molecule has 1 N–H and O–H groups in total. The van der Waals surface area contributed by atoms with Gasteiger partial charge in [-0.15, -0.1) is 0 Å². The zero-order valence-electron chi connectivity index (χ0n) is 17.3. The Kier molecular flexibility index (Phi) is 4.34. The number of fused-ring (bicyclic) bond motifs is 1. The Bertz CT molecular complexity index is 1170. The largest absolute Gasteiger partial charge is 0.388 e. The molecule has 0 unspecified atom stereocenters. The van der Waals surface area contributed by atoms with E-state index in [1.54, 1.807) is 54.9 Å². The molecule has 2 amide bonds. The Morgan fingerprint density at radius 1 is 1.06 bits per heavy atom. The number of carbonyl (C=O) groups excluding carboxylic acids is 2. The number of halogens is 1. The number of rotatable bonds is 5. The van der Waals surface area contributed by atoms with Crippen molar-refractivity contribution in [1.29, 1.82) is 0 Å². The van der Waals surface area contributed by atoms with Crippen LogP contribution in [0.1, 0.15) is 46.0 Å². The van der Waals surface area contributed by atoms with Gasteiger partial charge in [0, 0.05) is 11.1 Å². The molecular weight excluding hydrogens is 397 g/mol. The van der Waals surface area contributed by atoms with Crippen LogP contribution >= 0.6 is 0 Å². The van der Waals surface area contributed by atoms with Crippen LogP contribution in [0.25, 0.3) is 11.3 Å². The summed E-state index contributed by atoms with van der Waals surface area (Å²) in [4.78, 5) is 27.5. The van der Waals surface area contributed by atoms with E-state index in [2.05, 4.69) is 5.10 Å². The van der Waals surface area contributed by atoms with Gasteiger partial charge in [-0.3, -0.25) is 9.59 Å². The molecule has 7 heteroatoms. The predicted octanol–water partition coefficient (Wildman–Crippen LogP) is 3.96. The van der Waals surface area contributed by atoms with Crippen molar-refractivity contribution in [2.45, 2.75) is 38.8 Å². The summed E-state index contributed by atoms with van der Waals surface area (Å²) in [6.07, 6.45) is 1.86. The van der Waals surface area contributed by atoms with Crippen LogP contribution in [0.15, 0.2) is 48.5 Å². The van der Waals surface area contributed by atoms with E-state index in [1.165, 1.54) is 12.1 Å². The molecule has 3 aromatic rings. The summed E-state index contributed by atoms with van der Waals surface area (Å²) in [7, 11) is 0. The number of hydrogen-bond donors (Lipinski definition) is 1. The third-order valence-corrected chi connectivity index (χ3v) is 6.21. The number of anilines is 1. The number of benzene rings is 2. The normalized spacial score (nSPS) is 17.7. The summed E-state index contributed by atoms with van der Waals surface area (Å²) >= 11 is 0. The van der Waals surface area contributed by atoms with E-state index < -0.39 is 17.4 Å². The molecule has 31 heavy (non-hydrogen) atoms. The van der Waals surface area contributed by atoms with Gasteiger partial charge in [-0.05, 0) is 69.0 Å². The standard InChI is InChI=1S/C24H22FN3O3/c1-14-20(15-7-11-17(25)12-8-15)26-27(13-24(2,31)16-9-10-16)21(14)28-22(29)18-5-3-4-6-19(18)23(28)30/h3-8,11-12,16,31H,9-10,13H2,1-2H3/t24-/m1/s1. The molecule has 1 aliphatic carbocycles. The lowest BCUT2D eigenvalue weighted by Gasteiger charge is -2.25. The molecule has 6 nitrogen and oxygen atoms in total. The maximum atomic E-state index is 13.4. The van der Waals surface area contributed by atoms with Gasteiger partial charge in [0.1, 0.15) is 11.6 Å². The van der Waals surface area contributed by atoms with Crippen LogP contribution in [0, 0.1) is 18.7 Å². The zero-order chi connectivity index (χ0) is 21.9. The molecule has 0 bridgehead atoms. The fourth-order valence-corrected chi connectivity index (χ4v) is 4.34. The summed E-state index contributed by atoms with van der Waals surface area (Å²) in [5.74, 6) is -0.700. The molecule has 2 aromatic carbocycles. The first kappa shape index (κ1) is 19.6. The van der Waals surface area contributed by atoms with Crippen molar-refractivity contribution >= 4 is 17.6 Å². The molecule has 1 atom stereocenters. The Hall–Kier alpha value is -3.32. The molecule has 0 radical (unpaired) electrons. The first-order valence-electron chi connectivity index (χ1n) is 10.3. The highest BCUT2D eigenvalue weighted by molar-refractivity contribution is 6.34. The number of carbonyl (C=O) groups is 2. The van der Waals surface area contributed by atoms with Gasteiger partial charge >= 0.3 is 0 Å². The Morgan fingerprint density at radius 3 is 2.19 bits per heavy atom. The summed E-state index contributed by atoms with van der Waals surface area (Å²) in [6, 6.07) is 12.6. The molecule has 1 aromatic heterocycles. The second-order valence-corrected chi connectivity index (χ2v) is 8.58. The van der Waals surface area contributed by atoms with Gasteiger partial charge in [0.2, 0.25) is 0 Å². The maximum Gasteiger partial charge on any atom is 0.267 e. The number of aliphatic hydroxyl groups is 1. The maximum absolute atomic E-state index is 13.4. The van der Waals surface area contributed by atoms with Crippen LogP contribution in [0.2, 0.25) is 0 Å². The molecule has 0 spiro atoms. The van der Waals surface area contributed by atoms with Crippen LogP contribution in [0.5, 0.6) is 0 Å². The fraction of sp³-hybridized carbons (Fsp3) is 0.292. The fourth-order valence-electron chi connectivity index (χ4n) is 4.34. The van der Waals surface area contributed by atoms with Crippen molar-refractivity contribution in [2.24, 2.45) is 5.92 Å². The van der Waals surface area contributed by atoms with Gasteiger partial charge in [0.15, 0.2) is 0 Å². The average Bonchev–Trinajstić information content (AvgIpc) is 3.53. The number of aromatic nitrogens is 2. The molecule has 158 valence electrons. The van der Waals surface area contributed by atoms with Crippen molar-refractivity contribution in [3.63, 3.8) is 0 Å². The Morgan fingerprint density at radius 2 is 1.65 bits per heavy atom. The summed E-state index contributed by atoms with van der Waals surface area (Å²) in [5, 5.41) is 15.7. The van der Waals surface area contributed by atoms with Crippen LogP contribution in [-0.4, -0.2) is 32.3 Å². The highest BCUT2D eigenvalue weighted by Gasteiger charge is 2.44. The molecular formula is C24H22FN3O3. The average molecular weight is 419 g/mol. The van der Waals surface area contributed by atoms with E-state index in [0.717, 1.165) is 17.7 Å². The van der Waals surface area contributed by atoms with E-state index in [4.69, 9.17) is 0 Å². The summed E-state index contributed by atoms with van der Waals surface area (Å²) < 4.78 is 15.0. The minimum absolute atomic E-state index is 0.141. The molecule has 1 fully saturated rings. The van der Waals surface area contributed by atoms with Crippen molar-refractivity contribution in [3.8, 4) is 11.3 Å². The lowest BCUT2D eigenvalue weighted by molar-refractivity contribution is 0.0165. The van der Waals surface area contributed by atoms with Crippen LogP contribution in [0.3, 0.4) is 0 Å². The summed E-state index contributed by atoms with van der Waals surface area (Å²) in [6.45, 7) is 3.68. The van der Waals surface area contributed by atoms with E-state index in [0.29, 0.717) is 33.8 Å². The van der Waals surface area contributed by atoms with Gasteiger partial charge in [0.05, 0.1) is 29.0 Å². The Labute approximate surface area is 178 Å². The van der Waals surface area contributed by atoms with Crippen molar-refractivity contribution < 1.29 is 19.1 Å². The Balaban J connectivity index is 1.66. The molecule has 2 heterocycles. The van der Waals surface area contributed by atoms with E-state index in [9.17, 15) is 19.1 Å². The van der Waals surface area contributed by atoms with Crippen LogP contribution in [0.4, 0.5) is 10.2 Å². The van der Waals surface area contributed by atoms with Gasteiger partial charge in [0.25, 0.3) is 11.8 Å². The van der Waals surface area contributed by atoms with Crippen LogP contribution < -0.4 is 4.90 Å². The van der Waals surface area contributed by atoms with E-state index >= 15 is 0 Å². The quantitative estimate of drug-likeness (QED) is 0.635. The lowest BCUT2D eigenvalue weighted by atomic mass is 10.0. The van der Waals surface area contributed by atoms with Gasteiger partial charge in [-0.1, -0.05) is 12.1 Å². The zero-order valence-corrected chi connectivity index (χ0v) is 17.3. The smallest absolute Gasteiger partial charge is 0.267 e. The van der Waals surface area contributed by atoms with Crippen molar-refractivity contribution in [1.82, 2.24) is 9.78 Å². The molecule has 0 saturated heterocycles. The number of imide groups is 1. The SMILES string of the molecule is Cc1c(-c2ccc(F)cc2)nn(C[C@@](C)(O)C2CC2)c1N1C(=O)c2ccccc2C1=O. The highest BCUT2D eigenvalue weighted by Crippen LogP contribution is 2.42. The minimum Gasteiger partial charge on any atom is -0.388 e. The monoisotopic (exact) mass is 419 g/mol. The lowest BCUT2D eigenvalue weighted by Crippen LogP contribution is -2.37. The number of amides is 2. The second-order valence-electron chi connectivity index (χ2n) is 8.58. The highest BCUT2D eigenvalue weighted by atomic mass is 19.1. The van der Waals surface area contributed by atoms with E-state index in [-0.39, 0.29) is 18.3 Å². The topological polar surface area (TPSA) is 75.4 Å². The number of hydrogen-bond acceptors (Lipinski definition) is 4. The van der Waals surface area contributed by atoms with Gasteiger partial charge < -0.3 is 5.11 Å². The van der Waals surface area contributed by atoms with Crippen LogP contribution in [-0.2, 0) is 6.54 Å². The minimum atomic E-state index is -1.02. The first-order valence-corrected chi connectivity index (χ1v) is 10.3. The molecule has 5 rings (SSSR count). The van der Waals surface area contributed by atoms with Crippen molar-refractivity contribution in [3.05, 3.63) is 71.0 Å². The van der Waals surface area contributed by atoms with E-state index in [1.807, 2.05) is 0 Å². The predicted molar refractivity (Wildman–Crippen MR) is 113 cm³/mol. The molecule has 1 saturated carbocycles. The third-order valence-electron chi connectivity index (χ3n) is 6.21. The molecule has 2 aliphatic rings. The summed E-state index contributed by atoms with van der Waals surface area (Å²) in [5.41, 5.74) is 1.49. The molecule has 1 aliphatic heterocycles.